The van der Waals surface area contributed by atoms with E-state index in [-0.39, 0.29) is 5.75 Å². The van der Waals surface area contributed by atoms with Gasteiger partial charge in [-0.1, -0.05) is 43.0 Å². The summed E-state index contributed by atoms with van der Waals surface area (Å²) in [6, 6.07) is 13.2. The van der Waals surface area contributed by atoms with Gasteiger partial charge in [-0.3, -0.25) is 0 Å². The highest BCUT2D eigenvalue weighted by Crippen LogP contribution is 2.45. The second kappa shape index (κ2) is 3.14. The second-order valence-electron chi connectivity index (χ2n) is 3.72. The van der Waals surface area contributed by atoms with Crippen LogP contribution in [-0.4, -0.2) is 5.11 Å². The monoisotopic (exact) mass is 210 g/mol. The summed E-state index contributed by atoms with van der Waals surface area (Å²) in [6.45, 7) is 3.86. The molecule has 0 saturated carbocycles. The molecule has 0 aromatic heterocycles. The van der Waals surface area contributed by atoms with Crippen LogP contribution in [0.25, 0.3) is 16.9 Å². The van der Waals surface area contributed by atoms with E-state index in [1.165, 1.54) is 0 Å². The van der Waals surface area contributed by atoms with Gasteiger partial charge in [0.25, 0.3) is 0 Å². The quantitative estimate of drug-likeness (QED) is 0.721. The molecule has 2 nitrogen and oxygen atoms in total. The fourth-order valence-electron chi connectivity index (χ4n) is 1.98. The predicted molar refractivity (Wildman–Crippen MR) is 63.2 cm³/mol. The maximum atomic E-state index is 9.73. The Morgan fingerprint density at radius 3 is 2.38 bits per heavy atom. The number of aromatic hydroxyl groups is 1. The maximum Gasteiger partial charge on any atom is 0.176 e. The summed E-state index contributed by atoms with van der Waals surface area (Å²) < 4.78 is 5.54. The van der Waals surface area contributed by atoms with Crippen LogP contribution in [0.1, 0.15) is 5.56 Å². The highest BCUT2D eigenvalue weighted by atomic mass is 16.5. The van der Waals surface area contributed by atoms with Crippen molar-refractivity contribution in [2.45, 2.75) is 0 Å². The Bertz CT molecular complexity index is 585. The SMILES string of the molecule is C=C1Oc2c(O)cccc2-c2ccccc21. The van der Waals surface area contributed by atoms with Crippen molar-refractivity contribution in [3.8, 4) is 22.6 Å². The van der Waals surface area contributed by atoms with Gasteiger partial charge in [-0.25, -0.2) is 0 Å². The summed E-state index contributed by atoms with van der Waals surface area (Å²) >= 11 is 0. The zero-order valence-electron chi connectivity index (χ0n) is 8.60. The summed E-state index contributed by atoms with van der Waals surface area (Å²) in [5.74, 6) is 1.21. The molecule has 1 aliphatic heterocycles. The highest BCUT2D eigenvalue weighted by molar-refractivity contribution is 5.87. The predicted octanol–water partition coefficient (Wildman–Crippen LogP) is 3.42. The van der Waals surface area contributed by atoms with Gasteiger partial charge in [-0.2, -0.15) is 0 Å². The third-order valence-corrected chi connectivity index (χ3v) is 2.74. The van der Waals surface area contributed by atoms with Gasteiger partial charge in [0.15, 0.2) is 11.5 Å². The normalized spacial score (nSPS) is 12.6. The first-order chi connectivity index (χ1) is 7.77. The molecule has 0 amide bonds. The molecule has 0 bridgehead atoms. The number of hydrogen-bond donors (Lipinski definition) is 1. The fraction of sp³-hybridized carbons (Fsp3) is 0. The van der Waals surface area contributed by atoms with E-state index in [9.17, 15) is 5.11 Å². The van der Waals surface area contributed by atoms with Gasteiger partial charge < -0.3 is 9.84 Å². The first kappa shape index (κ1) is 9.04. The van der Waals surface area contributed by atoms with Crippen molar-refractivity contribution in [1.29, 1.82) is 0 Å². The van der Waals surface area contributed by atoms with Crippen LogP contribution < -0.4 is 4.74 Å². The van der Waals surface area contributed by atoms with Crippen molar-refractivity contribution < 1.29 is 9.84 Å². The molecule has 78 valence electrons. The fourth-order valence-corrected chi connectivity index (χ4v) is 1.98. The number of phenolic OH excluding ortho intramolecular Hbond substituents is 1. The van der Waals surface area contributed by atoms with Crippen LogP contribution >= 0.6 is 0 Å². The molecule has 1 aliphatic rings. The van der Waals surface area contributed by atoms with E-state index in [4.69, 9.17) is 4.74 Å². The minimum Gasteiger partial charge on any atom is -0.504 e. The van der Waals surface area contributed by atoms with Gasteiger partial charge in [0, 0.05) is 11.1 Å². The minimum atomic E-state index is 0.146. The molecule has 2 aromatic rings. The largest absolute Gasteiger partial charge is 0.504 e. The van der Waals surface area contributed by atoms with Crippen molar-refractivity contribution in [2.75, 3.05) is 0 Å². The van der Waals surface area contributed by atoms with Crippen molar-refractivity contribution in [3.05, 3.63) is 54.6 Å². The summed E-state index contributed by atoms with van der Waals surface area (Å²) in [7, 11) is 0. The molecule has 3 rings (SSSR count). The number of ether oxygens (including phenoxy) is 1. The smallest absolute Gasteiger partial charge is 0.176 e. The van der Waals surface area contributed by atoms with E-state index in [1.807, 2.05) is 36.4 Å². The molecule has 16 heavy (non-hydrogen) atoms. The highest BCUT2D eigenvalue weighted by Gasteiger charge is 2.21. The standard InChI is InChI=1S/C14H10O2/c1-9-10-5-2-3-6-11(10)12-7-4-8-13(15)14(12)16-9/h2-8,15H,1H2. The second-order valence-corrected chi connectivity index (χ2v) is 3.72. The van der Waals surface area contributed by atoms with E-state index in [0.717, 1.165) is 16.7 Å². The summed E-state index contributed by atoms with van der Waals surface area (Å²) in [4.78, 5) is 0. The van der Waals surface area contributed by atoms with Crippen molar-refractivity contribution in [1.82, 2.24) is 0 Å². The molecular weight excluding hydrogens is 200 g/mol. The first-order valence-electron chi connectivity index (χ1n) is 5.06. The molecule has 0 spiro atoms. The summed E-state index contributed by atoms with van der Waals surface area (Å²) in [5, 5.41) is 9.73. The summed E-state index contributed by atoms with van der Waals surface area (Å²) in [6.07, 6.45) is 0. The summed E-state index contributed by atoms with van der Waals surface area (Å²) in [5.41, 5.74) is 2.92. The average Bonchev–Trinajstić information content (AvgIpc) is 2.31. The van der Waals surface area contributed by atoms with Crippen LogP contribution in [-0.2, 0) is 0 Å². The van der Waals surface area contributed by atoms with Crippen LogP contribution in [0.5, 0.6) is 11.5 Å². The lowest BCUT2D eigenvalue weighted by Crippen LogP contribution is -2.03. The number of rotatable bonds is 0. The Morgan fingerprint density at radius 1 is 0.875 bits per heavy atom. The van der Waals surface area contributed by atoms with Gasteiger partial charge in [0.05, 0.1) is 0 Å². The Labute approximate surface area is 93.4 Å². The van der Waals surface area contributed by atoms with Gasteiger partial charge in [-0.05, 0) is 11.6 Å². The Kier molecular flexibility index (Phi) is 1.77. The van der Waals surface area contributed by atoms with Crippen molar-refractivity contribution in [3.63, 3.8) is 0 Å². The lowest BCUT2D eigenvalue weighted by molar-refractivity contribution is 0.423. The van der Waals surface area contributed by atoms with Crippen LogP contribution in [0.15, 0.2) is 49.0 Å². The zero-order valence-corrected chi connectivity index (χ0v) is 8.60. The van der Waals surface area contributed by atoms with Crippen molar-refractivity contribution in [2.24, 2.45) is 0 Å². The number of benzene rings is 2. The van der Waals surface area contributed by atoms with Gasteiger partial charge >= 0.3 is 0 Å². The Hall–Kier alpha value is -2.22. The van der Waals surface area contributed by atoms with Crippen LogP contribution in [0, 0.1) is 0 Å². The number of phenols is 1. The van der Waals surface area contributed by atoms with Gasteiger partial charge in [0.1, 0.15) is 5.76 Å². The lowest BCUT2D eigenvalue weighted by atomic mass is 9.95. The molecule has 1 N–H and O–H groups in total. The zero-order chi connectivity index (χ0) is 11.1. The van der Waals surface area contributed by atoms with E-state index in [1.54, 1.807) is 6.07 Å². The molecule has 2 heteroatoms. The van der Waals surface area contributed by atoms with Crippen LogP contribution in [0.2, 0.25) is 0 Å². The first-order valence-corrected chi connectivity index (χ1v) is 5.06. The Morgan fingerprint density at radius 2 is 1.56 bits per heavy atom. The van der Waals surface area contributed by atoms with E-state index in [0.29, 0.717) is 11.5 Å². The third kappa shape index (κ3) is 1.13. The molecule has 1 heterocycles. The van der Waals surface area contributed by atoms with E-state index in [2.05, 4.69) is 6.58 Å². The topological polar surface area (TPSA) is 29.5 Å². The van der Waals surface area contributed by atoms with Crippen molar-refractivity contribution >= 4 is 5.76 Å². The number of para-hydroxylation sites is 1. The van der Waals surface area contributed by atoms with Crippen LogP contribution in [0.3, 0.4) is 0 Å². The molecule has 0 saturated heterocycles. The molecule has 0 atom stereocenters. The maximum absolute atomic E-state index is 9.73. The molecule has 2 aromatic carbocycles. The lowest BCUT2D eigenvalue weighted by Gasteiger charge is -2.22. The van der Waals surface area contributed by atoms with Gasteiger partial charge in [-0.15, -0.1) is 0 Å². The minimum absolute atomic E-state index is 0.146. The number of hydrogen-bond acceptors (Lipinski definition) is 2. The number of fused-ring (bicyclic) bond motifs is 3. The molecule has 0 unspecified atom stereocenters. The molecule has 0 fully saturated rings. The third-order valence-electron chi connectivity index (χ3n) is 2.74. The molecule has 0 radical (unpaired) electrons. The molecule has 0 aliphatic carbocycles. The van der Waals surface area contributed by atoms with Crippen LogP contribution in [0.4, 0.5) is 0 Å². The van der Waals surface area contributed by atoms with E-state index < -0.39 is 0 Å². The van der Waals surface area contributed by atoms with E-state index >= 15 is 0 Å². The molecular formula is C14H10O2. The van der Waals surface area contributed by atoms with Gasteiger partial charge in [0.2, 0.25) is 0 Å². The Balaban J connectivity index is 2.36. The average molecular weight is 210 g/mol.